The second-order valence-electron chi connectivity index (χ2n) is 2.62. The first-order valence-corrected chi connectivity index (χ1v) is 5.12. The van der Waals surface area contributed by atoms with E-state index in [1.165, 1.54) is 11.8 Å². The average Bonchev–Trinajstić information content (AvgIpc) is 2.24. The molecule has 0 bridgehead atoms. The zero-order valence-corrected chi connectivity index (χ0v) is 8.83. The molecule has 0 atom stereocenters. The molecule has 0 aliphatic rings. The Hall–Kier alpha value is -1.28. The van der Waals surface area contributed by atoms with Gasteiger partial charge in [0.2, 0.25) is 5.75 Å². The highest BCUT2D eigenvalue weighted by molar-refractivity contribution is 7.84. The zero-order chi connectivity index (χ0) is 10.9. The van der Waals surface area contributed by atoms with E-state index in [0.717, 1.165) is 0 Å². The largest absolute Gasteiger partial charge is 0.478 e. The van der Waals surface area contributed by atoms with Gasteiger partial charge in [0.1, 0.15) is 5.69 Å². The van der Waals surface area contributed by atoms with Crippen LogP contribution < -0.4 is 14.1 Å². The maximum absolute atomic E-state index is 10.7. The van der Waals surface area contributed by atoms with Gasteiger partial charge < -0.3 is 8.92 Å². The van der Waals surface area contributed by atoms with Crippen LogP contribution in [0.4, 0.5) is 0 Å². The molecule has 0 fully saturated rings. The smallest absolute Gasteiger partial charge is 0.380 e. The third-order valence-corrected chi connectivity index (χ3v) is 1.91. The maximum atomic E-state index is 10.7. The van der Waals surface area contributed by atoms with E-state index in [1.807, 2.05) is 0 Å². The van der Waals surface area contributed by atoms with Crippen molar-refractivity contribution in [2.24, 2.45) is 12.2 Å². The van der Waals surface area contributed by atoms with E-state index in [9.17, 15) is 8.42 Å². The zero-order valence-electron chi connectivity index (χ0n) is 8.01. The molecule has 14 heavy (non-hydrogen) atoms. The van der Waals surface area contributed by atoms with Gasteiger partial charge >= 0.3 is 10.3 Å². The number of aromatic nitrogens is 2. The molecular weight excluding hydrogens is 210 g/mol. The summed E-state index contributed by atoms with van der Waals surface area (Å²) in [4.78, 5) is 0. The van der Waals surface area contributed by atoms with Crippen LogP contribution in [0, 0.1) is 6.92 Å². The van der Waals surface area contributed by atoms with Gasteiger partial charge in [-0.3, -0.25) is 0 Å². The first-order valence-electron chi connectivity index (χ1n) is 3.65. The molecule has 7 nitrogen and oxygen atoms in total. The molecule has 0 unspecified atom stereocenters. The minimum absolute atomic E-state index is 0.0116. The molecule has 0 saturated heterocycles. The van der Waals surface area contributed by atoms with E-state index >= 15 is 0 Å². The lowest BCUT2D eigenvalue weighted by molar-refractivity contribution is 0.357. The second kappa shape index (κ2) is 3.46. The standard InChI is InChI=1S/C6H11N3O4S/c1-4-5(13-14(7,10)11)6(12-3)9(2)8-4/h1-3H3,(H2,7,10,11). The molecule has 0 aliphatic carbocycles. The van der Waals surface area contributed by atoms with Crippen molar-refractivity contribution in [2.75, 3.05) is 7.11 Å². The highest BCUT2D eigenvalue weighted by Crippen LogP contribution is 2.30. The Morgan fingerprint density at radius 2 is 2.07 bits per heavy atom. The molecule has 1 heterocycles. The van der Waals surface area contributed by atoms with Crippen LogP contribution in [0.3, 0.4) is 0 Å². The molecule has 0 radical (unpaired) electrons. The fourth-order valence-corrected chi connectivity index (χ4v) is 1.48. The molecule has 80 valence electrons. The number of nitrogens with two attached hydrogens (primary N) is 1. The highest BCUT2D eigenvalue weighted by Gasteiger charge is 2.19. The summed E-state index contributed by atoms with van der Waals surface area (Å²) < 4.78 is 32.2. The lowest BCUT2D eigenvalue weighted by Gasteiger charge is -2.03. The molecule has 0 aromatic carbocycles. The van der Waals surface area contributed by atoms with Crippen molar-refractivity contribution in [3.05, 3.63) is 5.69 Å². The Morgan fingerprint density at radius 3 is 2.50 bits per heavy atom. The maximum Gasteiger partial charge on any atom is 0.380 e. The van der Waals surface area contributed by atoms with Crippen LogP contribution in [0.25, 0.3) is 0 Å². The van der Waals surface area contributed by atoms with Crippen molar-refractivity contribution in [3.63, 3.8) is 0 Å². The van der Waals surface area contributed by atoms with E-state index < -0.39 is 10.3 Å². The van der Waals surface area contributed by atoms with Crippen molar-refractivity contribution in [1.29, 1.82) is 0 Å². The summed E-state index contributed by atoms with van der Waals surface area (Å²) in [6.45, 7) is 1.59. The summed E-state index contributed by atoms with van der Waals surface area (Å²) >= 11 is 0. The summed E-state index contributed by atoms with van der Waals surface area (Å²) in [6.07, 6.45) is 0. The van der Waals surface area contributed by atoms with E-state index in [2.05, 4.69) is 9.28 Å². The van der Waals surface area contributed by atoms with Gasteiger partial charge in [0.15, 0.2) is 0 Å². The SMILES string of the molecule is COc1c(OS(N)(=O)=O)c(C)nn1C. The van der Waals surface area contributed by atoms with Gasteiger partial charge in [-0.25, -0.2) is 4.68 Å². The molecular formula is C6H11N3O4S. The molecule has 1 aromatic heterocycles. The molecule has 0 aliphatic heterocycles. The van der Waals surface area contributed by atoms with Crippen molar-refractivity contribution in [1.82, 2.24) is 9.78 Å². The normalized spacial score (nSPS) is 11.4. The number of rotatable bonds is 3. The summed E-state index contributed by atoms with van der Waals surface area (Å²) in [5.41, 5.74) is 0.387. The highest BCUT2D eigenvalue weighted by atomic mass is 32.2. The summed E-state index contributed by atoms with van der Waals surface area (Å²) in [6, 6.07) is 0. The lowest BCUT2D eigenvalue weighted by atomic mass is 10.4. The fraction of sp³-hybridized carbons (Fsp3) is 0.500. The minimum atomic E-state index is -4.05. The minimum Gasteiger partial charge on any atom is -0.478 e. The van der Waals surface area contributed by atoms with E-state index in [4.69, 9.17) is 9.88 Å². The predicted octanol–water partition coefficient (Wildman–Crippen LogP) is -0.681. The van der Waals surface area contributed by atoms with Crippen molar-refractivity contribution in [2.45, 2.75) is 6.92 Å². The average molecular weight is 221 g/mol. The monoisotopic (exact) mass is 221 g/mol. The van der Waals surface area contributed by atoms with E-state index in [1.54, 1.807) is 14.0 Å². The molecule has 0 saturated carbocycles. The first kappa shape index (κ1) is 10.8. The number of ether oxygens (including phenoxy) is 1. The summed E-state index contributed by atoms with van der Waals surface area (Å²) in [5, 5.41) is 8.64. The fourth-order valence-electron chi connectivity index (χ4n) is 1.05. The number of hydrogen-bond acceptors (Lipinski definition) is 5. The Morgan fingerprint density at radius 1 is 1.50 bits per heavy atom. The third-order valence-electron chi connectivity index (χ3n) is 1.51. The Labute approximate surface area is 81.7 Å². The third kappa shape index (κ3) is 2.15. The van der Waals surface area contributed by atoms with Crippen molar-refractivity contribution < 1.29 is 17.3 Å². The summed E-state index contributed by atoms with van der Waals surface area (Å²) in [5.74, 6) is 0.217. The molecule has 1 aromatic rings. The topological polar surface area (TPSA) is 96.4 Å². The van der Waals surface area contributed by atoms with Crippen LogP contribution in [-0.4, -0.2) is 25.3 Å². The van der Waals surface area contributed by atoms with E-state index in [0.29, 0.717) is 5.69 Å². The number of hydrogen-bond donors (Lipinski definition) is 1. The van der Waals surface area contributed by atoms with Gasteiger partial charge in [-0.05, 0) is 6.92 Å². The van der Waals surface area contributed by atoms with Gasteiger partial charge in [0.05, 0.1) is 7.11 Å². The van der Waals surface area contributed by atoms with Gasteiger partial charge in [-0.2, -0.15) is 18.7 Å². The predicted molar refractivity (Wildman–Crippen MR) is 48.2 cm³/mol. The van der Waals surface area contributed by atoms with Gasteiger partial charge in [-0.1, -0.05) is 0 Å². The second-order valence-corrected chi connectivity index (χ2v) is 3.78. The van der Waals surface area contributed by atoms with Gasteiger partial charge in [0.25, 0.3) is 5.88 Å². The van der Waals surface area contributed by atoms with Crippen LogP contribution in [0.5, 0.6) is 11.6 Å². The number of methoxy groups -OCH3 is 1. The molecule has 0 amide bonds. The van der Waals surface area contributed by atoms with Gasteiger partial charge in [0, 0.05) is 7.05 Å². The van der Waals surface area contributed by atoms with Crippen LogP contribution in [0.2, 0.25) is 0 Å². The summed E-state index contributed by atoms with van der Waals surface area (Å²) in [7, 11) is -1.07. The Kier molecular flexibility index (Phi) is 2.67. The van der Waals surface area contributed by atoms with Crippen molar-refractivity contribution in [3.8, 4) is 11.6 Å². The van der Waals surface area contributed by atoms with Crippen LogP contribution >= 0.6 is 0 Å². The Bertz CT molecular complexity index is 436. The van der Waals surface area contributed by atoms with Crippen molar-refractivity contribution >= 4 is 10.3 Å². The molecule has 8 heteroatoms. The van der Waals surface area contributed by atoms with Crippen LogP contribution in [-0.2, 0) is 17.4 Å². The molecule has 1 rings (SSSR count). The molecule has 2 N–H and O–H groups in total. The van der Waals surface area contributed by atoms with Gasteiger partial charge in [-0.15, -0.1) is 0 Å². The number of aryl methyl sites for hydroxylation is 2. The Balaban J connectivity index is 3.19. The van der Waals surface area contributed by atoms with Crippen LogP contribution in [0.15, 0.2) is 0 Å². The van der Waals surface area contributed by atoms with Crippen LogP contribution in [0.1, 0.15) is 5.69 Å². The quantitative estimate of drug-likeness (QED) is 0.729. The molecule has 0 spiro atoms. The first-order chi connectivity index (χ1) is 6.35. The lowest BCUT2D eigenvalue weighted by Crippen LogP contribution is -2.19. The van der Waals surface area contributed by atoms with E-state index in [-0.39, 0.29) is 11.6 Å². The number of nitrogens with zero attached hydrogens (tertiary/aromatic N) is 2.